The maximum absolute atomic E-state index is 15.1. The molecule has 0 atom stereocenters. The molecular weight excluding hydrogens is 1090 g/mol. The lowest BCUT2D eigenvalue weighted by atomic mass is 10.0. The Labute approximate surface area is 451 Å². The highest BCUT2D eigenvalue weighted by atomic mass is 79.9. The summed E-state index contributed by atoms with van der Waals surface area (Å²) < 4.78 is 90.2. The first-order valence-corrected chi connectivity index (χ1v) is 26.3. The molecule has 20 nitrogen and oxygen atoms in total. The van der Waals surface area contributed by atoms with Crippen molar-refractivity contribution in [3.63, 3.8) is 0 Å². The molecule has 2 heterocycles. The second-order valence-corrected chi connectivity index (χ2v) is 20.2. The number of rotatable bonds is 27. The van der Waals surface area contributed by atoms with Crippen LogP contribution in [-0.4, -0.2) is 129 Å². The minimum Gasteiger partial charge on any atom is -0.486 e. The van der Waals surface area contributed by atoms with Gasteiger partial charge in [-0.15, -0.1) is 0 Å². The van der Waals surface area contributed by atoms with Gasteiger partial charge in [0.25, 0.3) is 11.8 Å². The van der Waals surface area contributed by atoms with Gasteiger partial charge in [-0.1, -0.05) is 18.2 Å². The van der Waals surface area contributed by atoms with Gasteiger partial charge in [0.05, 0.1) is 59.2 Å². The lowest BCUT2D eigenvalue weighted by Gasteiger charge is -2.19. The molecule has 6 aromatic rings. The summed E-state index contributed by atoms with van der Waals surface area (Å²) in [6.07, 6.45) is 7.76. The summed E-state index contributed by atoms with van der Waals surface area (Å²) in [7, 11) is -0.395. The van der Waals surface area contributed by atoms with E-state index in [1.54, 1.807) is 26.1 Å². The van der Waals surface area contributed by atoms with Crippen LogP contribution in [0.3, 0.4) is 0 Å². The summed E-state index contributed by atoms with van der Waals surface area (Å²) in [6, 6.07) is 16.8. The van der Waals surface area contributed by atoms with Gasteiger partial charge in [-0.05, 0) is 120 Å². The number of nitrogens with one attached hydrogen (secondary N) is 4. The SMILES string of the molecule is Cc1c(NC(=O)c2ccc(C3CC3)cc2F)cc(F)cc1-c1ncnc(N)c1OCCN(C)C(=O)/C=C/CN(C)CCOCCOCCNS(=O)(=O)c1ccc(Nc2ncc(Br)c(Nc3cccc(F)c3C(N)=O)n2)cc1. The number of nitrogen functional groups attached to an aromatic ring is 1. The van der Waals surface area contributed by atoms with Crippen molar-refractivity contribution in [2.75, 3.05) is 95.0 Å². The third kappa shape index (κ3) is 15.8. The fourth-order valence-corrected chi connectivity index (χ4v) is 8.84. The van der Waals surface area contributed by atoms with E-state index in [9.17, 15) is 31.6 Å². The van der Waals surface area contributed by atoms with Crippen molar-refractivity contribution in [1.29, 1.82) is 0 Å². The number of carbonyl (C=O) groups excluding carboxylic acids is 3. The Bertz CT molecular complexity index is 3250. The molecule has 8 N–H and O–H groups in total. The molecule has 0 aliphatic heterocycles. The van der Waals surface area contributed by atoms with Crippen molar-refractivity contribution in [2.45, 2.75) is 30.6 Å². The molecule has 1 saturated carbocycles. The highest BCUT2D eigenvalue weighted by molar-refractivity contribution is 9.10. The van der Waals surface area contributed by atoms with Crippen molar-refractivity contribution in [1.82, 2.24) is 34.5 Å². The van der Waals surface area contributed by atoms with Crippen molar-refractivity contribution in [3.8, 4) is 17.0 Å². The van der Waals surface area contributed by atoms with Crippen LogP contribution >= 0.6 is 15.9 Å². The van der Waals surface area contributed by atoms with E-state index in [0.717, 1.165) is 30.5 Å². The highest BCUT2D eigenvalue weighted by Crippen LogP contribution is 2.41. The number of hydrogen-bond donors (Lipinski definition) is 6. The number of primary amides is 1. The Morgan fingerprint density at radius 2 is 1.62 bits per heavy atom. The number of carbonyl (C=O) groups is 3. The Hall–Kier alpha value is -7.55. The monoisotopic (exact) mass is 1140 g/mol. The van der Waals surface area contributed by atoms with Crippen LogP contribution in [0, 0.1) is 24.4 Å². The van der Waals surface area contributed by atoms with E-state index in [1.165, 1.54) is 78.1 Å². The average Bonchev–Trinajstić information content (AvgIpc) is 4.26. The fourth-order valence-electron chi connectivity index (χ4n) is 7.54. The summed E-state index contributed by atoms with van der Waals surface area (Å²) in [5.41, 5.74) is 13.4. The number of sulfonamides is 1. The molecule has 77 heavy (non-hydrogen) atoms. The van der Waals surface area contributed by atoms with Crippen LogP contribution in [0.5, 0.6) is 5.75 Å². The van der Waals surface area contributed by atoms with E-state index in [1.807, 2.05) is 11.9 Å². The maximum Gasteiger partial charge on any atom is 0.258 e. The van der Waals surface area contributed by atoms with Crippen LogP contribution in [0.2, 0.25) is 0 Å². The number of nitrogens with zero attached hydrogens (tertiary/aromatic N) is 6. The summed E-state index contributed by atoms with van der Waals surface area (Å²) in [5, 5.41) is 8.47. The molecule has 0 unspecified atom stereocenters. The molecular formula is C52H56BrF3N12O8S. The molecule has 4 aromatic carbocycles. The second kappa shape index (κ2) is 26.5. The van der Waals surface area contributed by atoms with Crippen LogP contribution in [0.1, 0.15) is 50.6 Å². The molecule has 25 heteroatoms. The number of ether oxygens (including phenoxy) is 3. The molecule has 1 fully saturated rings. The van der Waals surface area contributed by atoms with Gasteiger partial charge >= 0.3 is 0 Å². The summed E-state index contributed by atoms with van der Waals surface area (Å²) in [5.74, 6) is -3.45. The number of halogens is 4. The minimum atomic E-state index is -3.86. The molecule has 3 amide bonds. The zero-order valence-electron chi connectivity index (χ0n) is 42.1. The number of likely N-dealkylation sites (N-methyl/N-ethyl adjacent to an activating group) is 2. The van der Waals surface area contributed by atoms with E-state index in [-0.39, 0.29) is 107 Å². The first-order chi connectivity index (χ1) is 36.9. The summed E-state index contributed by atoms with van der Waals surface area (Å²) >= 11 is 3.33. The van der Waals surface area contributed by atoms with E-state index in [4.69, 9.17) is 25.7 Å². The Morgan fingerprint density at radius 1 is 0.870 bits per heavy atom. The Balaban J connectivity index is 0.767. The molecule has 1 aliphatic carbocycles. The number of aromatic nitrogens is 4. The van der Waals surface area contributed by atoms with Crippen LogP contribution in [0.4, 0.5) is 47.8 Å². The molecule has 2 aromatic heterocycles. The quantitative estimate of drug-likeness (QED) is 0.0223. The molecule has 7 rings (SSSR count). The molecule has 0 saturated heterocycles. The van der Waals surface area contributed by atoms with Crippen LogP contribution < -0.4 is 36.9 Å². The first kappa shape index (κ1) is 57.2. The third-order valence-corrected chi connectivity index (χ3v) is 14.0. The van der Waals surface area contributed by atoms with Gasteiger partial charge in [-0.25, -0.2) is 41.3 Å². The zero-order valence-corrected chi connectivity index (χ0v) is 44.5. The lowest BCUT2D eigenvalue weighted by Crippen LogP contribution is -2.30. The first-order valence-electron chi connectivity index (χ1n) is 24.0. The largest absolute Gasteiger partial charge is 0.486 e. The van der Waals surface area contributed by atoms with Crippen molar-refractivity contribution >= 4 is 78.3 Å². The molecule has 0 spiro atoms. The van der Waals surface area contributed by atoms with Crippen molar-refractivity contribution in [3.05, 3.63) is 142 Å². The lowest BCUT2D eigenvalue weighted by molar-refractivity contribution is -0.125. The number of hydrogen-bond acceptors (Lipinski definition) is 16. The fraction of sp³-hybridized carbons (Fsp3) is 0.288. The number of benzene rings is 4. The number of nitrogens with two attached hydrogens (primary N) is 2. The molecule has 1 aliphatic rings. The highest BCUT2D eigenvalue weighted by Gasteiger charge is 2.26. The number of anilines is 6. The van der Waals surface area contributed by atoms with E-state index < -0.39 is 39.3 Å². The maximum atomic E-state index is 15.1. The third-order valence-electron chi connectivity index (χ3n) is 11.9. The second-order valence-electron chi connectivity index (χ2n) is 17.6. The Morgan fingerprint density at radius 3 is 2.35 bits per heavy atom. The van der Waals surface area contributed by atoms with Gasteiger partial charge in [0.2, 0.25) is 21.9 Å². The van der Waals surface area contributed by atoms with Gasteiger partial charge in [0, 0.05) is 55.9 Å². The molecule has 0 bridgehead atoms. The summed E-state index contributed by atoms with van der Waals surface area (Å²) in [6.45, 7) is 3.78. The van der Waals surface area contributed by atoms with Gasteiger partial charge in [0.15, 0.2) is 11.6 Å². The predicted molar refractivity (Wildman–Crippen MR) is 287 cm³/mol. The van der Waals surface area contributed by atoms with Crippen molar-refractivity contribution in [2.24, 2.45) is 5.73 Å². The van der Waals surface area contributed by atoms with Gasteiger partial charge in [-0.3, -0.25) is 14.4 Å². The zero-order chi connectivity index (χ0) is 55.2. The predicted octanol–water partition coefficient (Wildman–Crippen LogP) is 7.06. The Kier molecular flexibility index (Phi) is 19.7. The van der Waals surface area contributed by atoms with Crippen molar-refractivity contribution < 1.29 is 50.2 Å². The average molecular weight is 1150 g/mol. The smallest absolute Gasteiger partial charge is 0.258 e. The molecule has 406 valence electrons. The van der Waals surface area contributed by atoms with E-state index in [0.29, 0.717) is 41.3 Å². The van der Waals surface area contributed by atoms with E-state index in [2.05, 4.69) is 56.5 Å². The minimum absolute atomic E-state index is 0.0151. The topological polar surface area (TPSA) is 271 Å². The van der Waals surface area contributed by atoms with E-state index >= 15 is 4.39 Å². The van der Waals surface area contributed by atoms with Gasteiger partial charge in [0.1, 0.15) is 41.9 Å². The van der Waals surface area contributed by atoms with Crippen LogP contribution in [-0.2, 0) is 24.3 Å². The summed E-state index contributed by atoms with van der Waals surface area (Å²) in [4.78, 5) is 58.2. The van der Waals surface area contributed by atoms with Gasteiger partial charge in [-0.2, -0.15) is 4.98 Å². The number of amides is 3. The molecule has 0 radical (unpaired) electrons. The standard InChI is InChI=1S/C52H56BrF3N12O8S/c1-31-38(27-34(54)28-43(31)65-51(71)37-16-11-33(26-41(37)56)32-9-10-32)46-47(48(57)61-30-60-46)76-23-20-68(3)44(69)8-5-18-67(2)19-22-75-25-24-74-21-17-62-77(72,73)36-14-12-35(13-15-36)63-52-59-29-39(53)50(66-52)64-42-7-4-6-40(55)45(42)49(58)70/h4-8,11-16,26-30,32,62H,9-10,17-25H2,1-3H3,(H2,58,70)(H,65,71)(H2,57,60,61)(H2,59,63,64,66)/b8-5+. The van der Waals surface area contributed by atoms with Gasteiger partial charge < -0.3 is 51.4 Å². The van der Waals surface area contributed by atoms with Crippen LogP contribution in [0.15, 0.2) is 107 Å². The normalized spacial score (nSPS) is 12.5. The van der Waals surface area contributed by atoms with Crippen LogP contribution in [0.25, 0.3) is 11.3 Å².